The minimum atomic E-state index is 0.295. The van der Waals surface area contributed by atoms with E-state index in [0.717, 1.165) is 6.54 Å². The molecule has 1 saturated carbocycles. The molecule has 12 heavy (non-hydrogen) atoms. The Morgan fingerprint density at radius 2 is 2.08 bits per heavy atom. The van der Waals surface area contributed by atoms with Gasteiger partial charge in [0.1, 0.15) is 0 Å². The molecule has 0 aromatic rings. The van der Waals surface area contributed by atoms with Gasteiger partial charge < -0.3 is 4.90 Å². The highest BCUT2D eigenvalue weighted by molar-refractivity contribution is 5.14. The Morgan fingerprint density at radius 1 is 1.50 bits per heavy atom. The van der Waals surface area contributed by atoms with E-state index in [1.807, 2.05) is 0 Å². The molecule has 1 aliphatic carbocycles. The highest BCUT2D eigenvalue weighted by atomic mass is 15.1. The zero-order valence-electron chi connectivity index (χ0n) is 8.43. The van der Waals surface area contributed by atoms with Crippen LogP contribution >= 0.6 is 0 Å². The molecule has 1 fully saturated rings. The maximum Gasteiger partial charge on any atom is 0.0325 e. The largest absolute Gasteiger partial charge is 0.304 e. The SMILES string of the molecule is C#CC1(CCN(C)C(C)C)CC1. The Hall–Kier alpha value is -0.480. The standard InChI is InChI=1S/C11H19N/c1-5-11(6-7-11)8-9-12(4)10(2)3/h1,10H,6-9H2,2-4H3. The van der Waals surface area contributed by atoms with E-state index in [4.69, 9.17) is 6.42 Å². The van der Waals surface area contributed by atoms with Gasteiger partial charge in [-0.25, -0.2) is 0 Å². The van der Waals surface area contributed by atoms with Gasteiger partial charge in [0.2, 0.25) is 0 Å². The van der Waals surface area contributed by atoms with Crippen LogP contribution in [-0.2, 0) is 0 Å². The van der Waals surface area contributed by atoms with Crippen molar-refractivity contribution in [2.45, 2.75) is 39.2 Å². The predicted molar refractivity (Wildman–Crippen MR) is 52.9 cm³/mol. The van der Waals surface area contributed by atoms with Crippen LogP contribution in [0.15, 0.2) is 0 Å². The Bertz CT molecular complexity index is 184. The maximum atomic E-state index is 5.46. The summed E-state index contributed by atoms with van der Waals surface area (Å²) in [5, 5.41) is 0. The summed E-state index contributed by atoms with van der Waals surface area (Å²) in [7, 11) is 2.16. The summed E-state index contributed by atoms with van der Waals surface area (Å²) in [6, 6.07) is 0.638. The van der Waals surface area contributed by atoms with E-state index >= 15 is 0 Å². The lowest BCUT2D eigenvalue weighted by Crippen LogP contribution is -2.28. The van der Waals surface area contributed by atoms with Crippen molar-refractivity contribution < 1.29 is 0 Å². The van der Waals surface area contributed by atoms with Crippen molar-refractivity contribution in [2.75, 3.05) is 13.6 Å². The molecule has 0 saturated heterocycles. The smallest absolute Gasteiger partial charge is 0.0325 e. The average Bonchev–Trinajstić information content (AvgIpc) is 2.81. The van der Waals surface area contributed by atoms with Gasteiger partial charge in [-0.15, -0.1) is 6.42 Å². The Kier molecular flexibility index (Phi) is 2.80. The van der Waals surface area contributed by atoms with E-state index in [2.05, 4.69) is 31.7 Å². The highest BCUT2D eigenvalue weighted by Gasteiger charge is 2.40. The minimum Gasteiger partial charge on any atom is -0.304 e. The molecule has 0 aliphatic heterocycles. The molecule has 0 aromatic heterocycles. The molecule has 68 valence electrons. The fourth-order valence-electron chi connectivity index (χ4n) is 1.27. The number of rotatable bonds is 4. The fraction of sp³-hybridized carbons (Fsp3) is 0.818. The molecule has 1 rings (SSSR count). The fourth-order valence-corrected chi connectivity index (χ4v) is 1.27. The van der Waals surface area contributed by atoms with Crippen molar-refractivity contribution in [3.05, 3.63) is 0 Å². The summed E-state index contributed by atoms with van der Waals surface area (Å²) in [5.74, 6) is 2.92. The molecule has 0 spiro atoms. The predicted octanol–water partition coefficient (Wildman–Crippen LogP) is 2.13. The first-order chi connectivity index (χ1) is 5.59. The first-order valence-electron chi connectivity index (χ1n) is 4.78. The van der Waals surface area contributed by atoms with Gasteiger partial charge in [0.05, 0.1) is 0 Å². The molecule has 0 amide bonds. The topological polar surface area (TPSA) is 3.24 Å². The second-order valence-corrected chi connectivity index (χ2v) is 4.25. The van der Waals surface area contributed by atoms with Crippen molar-refractivity contribution in [1.82, 2.24) is 4.90 Å². The van der Waals surface area contributed by atoms with Crippen LogP contribution in [-0.4, -0.2) is 24.5 Å². The third-order valence-electron chi connectivity index (χ3n) is 2.98. The second kappa shape index (κ2) is 3.49. The normalized spacial score (nSPS) is 19.7. The molecule has 0 N–H and O–H groups in total. The molecule has 0 radical (unpaired) electrons. The molecule has 0 unspecified atom stereocenters. The summed E-state index contributed by atoms with van der Waals surface area (Å²) < 4.78 is 0. The zero-order valence-corrected chi connectivity index (χ0v) is 8.43. The zero-order chi connectivity index (χ0) is 9.19. The van der Waals surface area contributed by atoms with Crippen molar-refractivity contribution in [2.24, 2.45) is 5.41 Å². The van der Waals surface area contributed by atoms with Gasteiger partial charge in [-0.05, 0) is 46.7 Å². The van der Waals surface area contributed by atoms with E-state index in [1.54, 1.807) is 0 Å². The summed E-state index contributed by atoms with van der Waals surface area (Å²) in [6.07, 6.45) is 9.13. The molecule has 0 aromatic carbocycles. The van der Waals surface area contributed by atoms with E-state index in [1.165, 1.54) is 19.3 Å². The Balaban J connectivity index is 2.22. The van der Waals surface area contributed by atoms with Gasteiger partial charge in [-0.3, -0.25) is 0 Å². The maximum absolute atomic E-state index is 5.46. The number of hydrogen-bond acceptors (Lipinski definition) is 1. The quantitative estimate of drug-likeness (QED) is 0.577. The van der Waals surface area contributed by atoms with Gasteiger partial charge in [0.15, 0.2) is 0 Å². The van der Waals surface area contributed by atoms with Crippen LogP contribution in [0.1, 0.15) is 33.1 Å². The summed E-state index contributed by atoms with van der Waals surface area (Å²) in [6.45, 7) is 5.58. The Labute approximate surface area is 76.1 Å². The molecular formula is C11H19N. The lowest BCUT2D eigenvalue weighted by molar-refractivity contribution is 0.257. The first kappa shape index (κ1) is 9.61. The van der Waals surface area contributed by atoms with Gasteiger partial charge >= 0.3 is 0 Å². The van der Waals surface area contributed by atoms with Crippen molar-refractivity contribution >= 4 is 0 Å². The third-order valence-corrected chi connectivity index (χ3v) is 2.98. The van der Waals surface area contributed by atoms with E-state index < -0.39 is 0 Å². The lowest BCUT2D eigenvalue weighted by atomic mass is 10.0. The number of nitrogens with zero attached hydrogens (tertiary/aromatic N) is 1. The van der Waals surface area contributed by atoms with Crippen LogP contribution < -0.4 is 0 Å². The third kappa shape index (κ3) is 2.25. The lowest BCUT2D eigenvalue weighted by Gasteiger charge is -2.22. The van der Waals surface area contributed by atoms with Crippen molar-refractivity contribution in [3.63, 3.8) is 0 Å². The van der Waals surface area contributed by atoms with Crippen LogP contribution in [0.25, 0.3) is 0 Å². The van der Waals surface area contributed by atoms with Crippen LogP contribution in [0.2, 0.25) is 0 Å². The van der Waals surface area contributed by atoms with Crippen LogP contribution in [0, 0.1) is 17.8 Å². The van der Waals surface area contributed by atoms with Gasteiger partial charge in [0, 0.05) is 11.5 Å². The van der Waals surface area contributed by atoms with E-state index in [-0.39, 0.29) is 0 Å². The monoisotopic (exact) mass is 165 g/mol. The molecule has 0 atom stereocenters. The number of hydrogen-bond donors (Lipinski definition) is 0. The van der Waals surface area contributed by atoms with Crippen LogP contribution in [0.3, 0.4) is 0 Å². The Morgan fingerprint density at radius 3 is 2.42 bits per heavy atom. The minimum absolute atomic E-state index is 0.295. The van der Waals surface area contributed by atoms with Gasteiger partial charge in [0.25, 0.3) is 0 Å². The summed E-state index contributed by atoms with van der Waals surface area (Å²) in [4.78, 5) is 2.36. The molecular weight excluding hydrogens is 146 g/mol. The average molecular weight is 165 g/mol. The number of terminal acetylenes is 1. The van der Waals surface area contributed by atoms with Crippen LogP contribution in [0.5, 0.6) is 0 Å². The first-order valence-corrected chi connectivity index (χ1v) is 4.78. The second-order valence-electron chi connectivity index (χ2n) is 4.25. The summed E-state index contributed by atoms with van der Waals surface area (Å²) >= 11 is 0. The molecule has 0 bridgehead atoms. The summed E-state index contributed by atoms with van der Waals surface area (Å²) in [5.41, 5.74) is 0.295. The van der Waals surface area contributed by atoms with Crippen molar-refractivity contribution in [3.8, 4) is 12.3 Å². The van der Waals surface area contributed by atoms with E-state index in [9.17, 15) is 0 Å². The highest BCUT2D eigenvalue weighted by Crippen LogP contribution is 2.47. The van der Waals surface area contributed by atoms with Crippen molar-refractivity contribution in [1.29, 1.82) is 0 Å². The van der Waals surface area contributed by atoms with E-state index in [0.29, 0.717) is 11.5 Å². The molecule has 1 nitrogen and oxygen atoms in total. The molecule has 1 aliphatic rings. The van der Waals surface area contributed by atoms with Gasteiger partial charge in [-0.1, -0.05) is 5.92 Å². The van der Waals surface area contributed by atoms with Crippen LogP contribution in [0.4, 0.5) is 0 Å². The molecule has 1 heteroatoms. The molecule has 0 heterocycles. The van der Waals surface area contributed by atoms with Gasteiger partial charge in [-0.2, -0.15) is 0 Å².